The Hall–Kier alpha value is -2.78. The Morgan fingerprint density at radius 1 is 1.40 bits per heavy atom. The van der Waals surface area contributed by atoms with Gasteiger partial charge in [-0.25, -0.2) is 9.55 Å². The van der Waals surface area contributed by atoms with Crippen molar-refractivity contribution in [3.63, 3.8) is 0 Å². The molecule has 0 amide bonds. The van der Waals surface area contributed by atoms with E-state index in [1.165, 1.54) is 10.8 Å². The van der Waals surface area contributed by atoms with Crippen molar-refractivity contribution in [2.24, 2.45) is 0 Å². The van der Waals surface area contributed by atoms with Crippen molar-refractivity contribution in [3.05, 3.63) is 28.0 Å². The number of imidazole rings is 1. The number of anilines is 2. The predicted octanol–water partition coefficient (Wildman–Crippen LogP) is -0.0188. The quantitative estimate of drug-likeness (QED) is 0.610. The SMILES string of the molecule is Cc1ncc([N+](=O)[O-])n1Cc1nc(N)nc(N(C)C)n1. The van der Waals surface area contributed by atoms with Crippen molar-refractivity contribution in [3.8, 4) is 0 Å². The fourth-order valence-electron chi connectivity index (χ4n) is 1.63. The fraction of sp³-hybridized carbons (Fsp3) is 0.400. The minimum Gasteiger partial charge on any atom is -0.368 e. The maximum atomic E-state index is 10.9. The van der Waals surface area contributed by atoms with Gasteiger partial charge in [-0.1, -0.05) is 0 Å². The van der Waals surface area contributed by atoms with Crippen LogP contribution in [-0.4, -0.2) is 43.5 Å². The third kappa shape index (κ3) is 2.63. The zero-order valence-corrected chi connectivity index (χ0v) is 11.3. The van der Waals surface area contributed by atoms with Gasteiger partial charge >= 0.3 is 5.82 Å². The summed E-state index contributed by atoms with van der Waals surface area (Å²) in [6.45, 7) is 1.78. The minimum absolute atomic E-state index is 0.0686. The highest BCUT2D eigenvalue weighted by molar-refractivity contribution is 5.33. The summed E-state index contributed by atoms with van der Waals surface area (Å²) in [5.41, 5.74) is 5.61. The zero-order chi connectivity index (χ0) is 14.9. The molecule has 0 aliphatic rings. The summed E-state index contributed by atoms with van der Waals surface area (Å²) in [6.07, 6.45) is 1.20. The molecule has 0 aromatic carbocycles. The van der Waals surface area contributed by atoms with Crippen molar-refractivity contribution in [1.82, 2.24) is 24.5 Å². The molecule has 2 rings (SSSR count). The molecule has 0 bridgehead atoms. The van der Waals surface area contributed by atoms with Gasteiger partial charge in [0, 0.05) is 21.0 Å². The molecule has 2 heterocycles. The van der Waals surface area contributed by atoms with Crippen LogP contribution in [0.3, 0.4) is 0 Å². The molecule has 0 saturated heterocycles. The van der Waals surface area contributed by atoms with Crippen LogP contribution in [0.15, 0.2) is 6.20 Å². The van der Waals surface area contributed by atoms with Crippen LogP contribution in [0.25, 0.3) is 0 Å². The Balaban J connectivity index is 2.40. The number of aromatic nitrogens is 5. The van der Waals surface area contributed by atoms with Gasteiger partial charge in [-0.2, -0.15) is 15.0 Å². The predicted molar refractivity (Wildman–Crippen MR) is 71.3 cm³/mol. The molecule has 0 saturated carbocycles. The van der Waals surface area contributed by atoms with E-state index in [9.17, 15) is 10.1 Å². The Labute approximate surface area is 114 Å². The maximum Gasteiger partial charge on any atom is 0.343 e. The molecule has 0 aliphatic carbocycles. The second-order valence-corrected chi connectivity index (χ2v) is 4.31. The fourth-order valence-corrected chi connectivity index (χ4v) is 1.63. The van der Waals surface area contributed by atoms with Gasteiger partial charge in [0.15, 0.2) is 18.2 Å². The lowest BCUT2D eigenvalue weighted by molar-refractivity contribution is -0.392. The van der Waals surface area contributed by atoms with E-state index >= 15 is 0 Å². The molecule has 2 aromatic rings. The Kier molecular flexibility index (Phi) is 3.46. The first-order valence-electron chi connectivity index (χ1n) is 5.72. The van der Waals surface area contributed by atoms with Crippen LogP contribution in [0.4, 0.5) is 17.7 Å². The van der Waals surface area contributed by atoms with Gasteiger partial charge in [-0.15, -0.1) is 0 Å². The van der Waals surface area contributed by atoms with E-state index in [1.54, 1.807) is 25.9 Å². The number of rotatable bonds is 4. The third-order valence-electron chi connectivity index (χ3n) is 2.61. The van der Waals surface area contributed by atoms with Gasteiger partial charge in [-0.3, -0.25) is 0 Å². The van der Waals surface area contributed by atoms with Crippen LogP contribution in [-0.2, 0) is 6.54 Å². The van der Waals surface area contributed by atoms with Crippen molar-refractivity contribution >= 4 is 17.7 Å². The van der Waals surface area contributed by atoms with Crippen molar-refractivity contribution in [2.75, 3.05) is 24.7 Å². The summed E-state index contributed by atoms with van der Waals surface area (Å²) in [5.74, 6) is 1.19. The molecule has 0 unspecified atom stereocenters. The van der Waals surface area contributed by atoms with Gasteiger partial charge in [-0.05, 0) is 4.92 Å². The van der Waals surface area contributed by atoms with Crippen LogP contribution >= 0.6 is 0 Å². The summed E-state index contributed by atoms with van der Waals surface area (Å²) in [4.78, 5) is 28.2. The van der Waals surface area contributed by atoms with Crippen LogP contribution in [0, 0.1) is 17.0 Å². The molecule has 20 heavy (non-hydrogen) atoms. The highest BCUT2D eigenvalue weighted by Crippen LogP contribution is 2.15. The third-order valence-corrected chi connectivity index (χ3v) is 2.61. The lowest BCUT2D eigenvalue weighted by Crippen LogP contribution is -2.17. The van der Waals surface area contributed by atoms with Crippen molar-refractivity contribution in [2.45, 2.75) is 13.5 Å². The number of aryl methyl sites for hydroxylation is 1. The second-order valence-electron chi connectivity index (χ2n) is 4.31. The molecule has 2 aromatic heterocycles. The Bertz CT molecular complexity index is 651. The monoisotopic (exact) mass is 278 g/mol. The highest BCUT2D eigenvalue weighted by atomic mass is 16.6. The molecule has 10 heteroatoms. The van der Waals surface area contributed by atoms with Gasteiger partial charge in [0.1, 0.15) is 6.20 Å². The molecule has 0 spiro atoms. The molecule has 0 radical (unpaired) electrons. The van der Waals surface area contributed by atoms with E-state index in [-0.39, 0.29) is 18.3 Å². The van der Waals surface area contributed by atoms with Crippen molar-refractivity contribution < 1.29 is 4.92 Å². The van der Waals surface area contributed by atoms with Gasteiger partial charge < -0.3 is 20.7 Å². The zero-order valence-electron chi connectivity index (χ0n) is 11.3. The van der Waals surface area contributed by atoms with Crippen LogP contribution in [0.5, 0.6) is 0 Å². The molecular formula is C10H14N8O2. The van der Waals surface area contributed by atoms with E-state index in [0.29, 0.717) is 17.6 Å². The number of hydrogen-bond donors (Lipinski definition) is 1. The molecule has 2 N–H and O–H groups in total. The summed E-state index contributed by atoms with van der Waals surface area (Å²) in [7, 11) is 3.53. The molecule has 0 aliphatic heterocycles. The summed E-state index contributed by atoms with van der Waals surface area (Å²) < 4.78 is 1.41. The van der Waals surface area contributed by atoms with Crippen LogP contribution in [0.1, 0.15) is 11.6 Å². The standard InChI is InChI=1S/C10H14N8O2/c1-6-12-4-8(18(19)20)17(6)5-7-13-9(11)15-10(14-7)16(2)3/h4H,5H2,1-3H3,(H2,11,13,14,15). The maximum absolute atomic E-state index is 10.9. The number of nitrogens with zero attached hydrogens (tertiary/aromatic N) is 7. The van der Waals surface area contributed by atoms with E-state index in [2.05, 4.69) is 19.9 Å². The van der Waals surface area contributed by atoms with Gasteiger partial charge in [0.25, 0.3) is 0 Å². The summed E-state index contributed by atoms with van der Waals surface area (Å²) in [5, 5.41) is 10.9. The molecule has 10 nitrogen and oxygen atoms in total. The first-order valence-corrected chi connectivity index (χ1v) is 5.72. The average molecular weight is 278 g/mol. The Morgan fingerprint density at radius 3 is 2.70 bits per heavy atom. The van der Waals surface area contributed by atoms with Gasteiger partial charge in [0.2, 0.25) is 11.9 Å². The molecule has 0 atom stereocenters. The average Bonchev–Trinajstić information content (AvgIpc) is 2.70. The van der Waals surface area contributed by atoms with Crippen LogP contribution < -0.4 is 10.6 Å². The number of hydrogen-bond acceptors (Lipinski definition) is 8. The minimum atomic E-state index is -0.503. The molecular weight excluding hydrogens is 264 g/mol. The first kappa shape index (κ1) is 13.6. The number of nitro groups is 1. The number of nitrogens with two attached hydrogens (primary N) is 1. The van der Waals surface area contributed by atoms with Crippen LogP contribution in [0.2, 0.25) is 0 Å². The van der Waals surface area contributed by atoms with Crippen molar-refractivity contribution in [1.29, 1.82) is 0 Å². The van der Waals surface area contributed by atoms with Gasteiger partial charge in [0.05, 0.1) is 0 Å². The lowest BCUT2D eigenvalue weighted by atomic mass is 10.5. The molecule has 106 valence electrons. The summed E-state index contributed by atoms with van der Waals surface area (Å²) in [6, 6.07) is 0. The first-order chi connectivity index (χ1) is 9.38. The largest absolute Gasteiger partial charge is 0.368 e. The molecule has 0 fully saturated rings. The lowest BCUT2D eigenvalue weighted by Gasteiger charge is -2.11. The van der Waals surface area contributed by atoms with E-state index in [1.807, 2.05) is 0 Å². The number of nitrogen functional groups attached to an aromatic ring is 1. The second kappa shape index (κ2) is 5.07. The highest BCUT2D eigenvalue weighted by Gasteiger charge is 2.19. The van der Waals surface area contributed by atoms with E-state index in [4.69, 9.17) is 5.73 Å². The topological polar surface area (TPSA) is 129 Å². The van der Waals surface area contributed by atoms with E-state index in [0.717, 1.165) is 0 Å². The smallest absolute Gasteiger partial charge is 0.343 e. The van der Waals surface area contributed by atoms with E-state index < -0.39 is 4.92 Å². The normalized spacial score (nSPS) is 10.6. The Morgan fingerprint density at radius 2 is 2.10 bits per heavy atom. The summed E-state index contributed by atoms with van der Waals surface area (Å²) >= 11 is 0.